The molecule has 1 amide bonds. The van der Waals surface area contributed by atoms with Crippen molar-refractivity contribution >= 4 is 19.5 Å². The summed E-state index contributed by atoms with van der Waals surface area (Å²) in [5, 5.41) is 13.5. The lowest BCUT2D eigenvalue weighted by atomic mass is 9.81. The van der Waals surface area contributed by atoms with E-state index in [1.807, 2.05) is 41.5 Å². The van der Waals surface area contributed by atoms with E-state index >= 15 is 0 Å². The maximum Gasteiger partial charge on any atom is 0.222 e. The third kappa shape index (κ3) is 49.5. The van der Waals surface area contributed by atoms with Gasteiger partial charge in [0.2, 0.25) is 5.91 Å². The minimum atomic E-state index is -0.364. The lowest BCUT2D eigenvalue weighted by Crippen LogP contribution is -2.36. The number of ketones is 1. The Morgan fingerprint density at radius 1 is 0.552 bits per heavy atom. The number of hydrogen-bond donors (Lipinski definition) is 2. The summed E-state index contributed by atoms with van der Waals surface area (Å²) in [4.78, 5) is 25.8. The Kier molecular flexibility index (Phi) is 61.6. The summed E-state index contributed by atoms with van der Waals surface area (Å²) < 4.78 is 17.6. The van der Waals surface area contributed by atoms with Gasteiger partial charge >= 0.3 is 0 Å². The Labute approximate surface area is 544 Å². The predicted molar refractivity (Wildman–Crippen MR) is 380 cm³/mol. The van der Waals surface area contributed by atoms with E-state index in [2.05, 4.69) is 37.9 Å². The number of unbranched alkanes of at least 4 members (excludes halogenated alkanes) is 36. The highest BCUT2D eigenvalue weighted by atomic mass is 16.6. The van der Waals surface area contributed by atoms with Crippen molar-refractivity contribution in [3.05, 3.63) is 22.6 Å². The Morgan fingerprint density at radius 2 is 0.931 bits per heavy atom. The van der Waals surface area contributed by atoms with Crippen molar-refractivity contribution in [1.82, 2.24) is 10.2 Å². The molecule has 2 saturated carbocycles. The first-order valence-electron chi connectivity index (χ1n) is 38.8. The summed E-state index contributed by atoms with van der Waals surface area (Å²) in [7, 11) is 8.00. The van der Waals surface area contributed by atoms with Crippen molar-refractivity contribution in [1.29, 1.82) is 0 Å². The molecule has 2 heterocycles. The molecular formula is C78H151BN2O6. The number of nitrogens with zero attached hydrogens (tertiary/aromatic N) is 1. The minimum absolute atomic E-state index is 0.0202. The molecule has 5 unspecified atom stereocenters. The lowest BCUT2D eigenvalue weighted by molar-refractivity contribution is -0.130. The molecule has 4 fully saturated rings. The second kappa shape index (κ2) is 62.9. The molecule has 4 aliphatic rings. The molecule has 2 saturated heterocycles. The third-order valence-corrected chi connectivity index (χ3v) is 18.4. The van der Waals surface area contributed by atoms with Crippen LogP contribution in [0.25, 0.3) is 0 Å². The summed E-state index contributed by atoms with van der Waals surface area (Å²) in [6, 6.07) is -0.364. The van der Waals surface area contributed by atoms with Gasteiger partial charge in [-0.15, -0.1) is 0 Å². The van der Waals surface area contributed by atoms with Crippen LogP contribution in [0.4, 0.5) is 0 Å². The van der Waals surface area contributed by atoms with Crippen molar-refractivity contribution in [2.24, 2.45) is 17.8 Å². The first kappa shape index (κ1) is 85.2. The zero-order chi connectivity index (χ0) is 64.2. The molecule has 9 heteroatoms. The lowest BCUT2D eigenvalue weighted by Gasteiger charge is -2.27. The number of carbonyl (C=O) groups is 2. The monoisotopic (exact) mass is 1220 g/mol. The zero-order valence-corrected chi connectivity index (χ0v) is 60.4. The Balaban J connectivity index is 0.00000163. The molecule has 4 rings (SSSR count). The Bertz CT molecular complexity index is 1570. The molecule has 5 atom stereocenters. The Hall–Kier alpha value is -1.84. The van der Waals surface area contributed by atoms with Gasteiger partial charge in [-0.3, -0.25) is 9.59 Å². The number of ether oxygens (including phenoxy) is 3. The van der Waals surface area contributed by atoms with Crippen LogP contribution >= 0.6 is 0 Å². The van der Waals surface area contributed by atoms with Crippen molar-refractivity contribution in [3.8, 4) is 0 Å². The number of methoxy groups -OCH3 is 1. The summed E-state index contributed by atoms with van der Waals surface area (Å²) in [5.74, 6) is 3.00. The molecule has 8 nitrogen and oxygen atoms in total. The molecule has 0 aromatic rings. The first-order valence-corrected chi connectivity index (χ1v) is 38.8. The van der Waals surface area contributed by atoms with Crippen molar-refractivity contribution in [2.45, 2.75) is 408 Å². The first-order chi connectivity index (χ1) is 42.6. The van der Waals surface area contributed by atoms with E-state index in [1.165, 1.54) is 268 Å². The highest BCUT2D eigenvalue weighted by Crippen LogP contribution is 2.35. The number of rotatable bonds is 55. The SMILES string of the molecule is CC.CC.CC.CC1CCN(C(=O)CCCCCCCCCCCCCCCCCCCCCC(O)=C2CC2)C1.[B]C1OC(COC)C(C(C)C)C1OCCCNC(CCCCCCCCCCCCCCCCCCCCCC(=O)CCC)=C1CC1. The summed E-state index contributed by atoms with van der Waals surface area (Å²) >= 11 is 0. The molecule has 2 aliphatic carbocycles. The van der Waals surface area contributed by atoms with Crippen LogP contribution in [-0.4, -0.2) is 87.7 Å². The summed E-state index contributed by atoms with van der Waals surface area (Å²) in [5.41, 5.74) is 4.49. The van der Waals surface area contributed by atoms with Crippen LogP contribution in [0.3, 0.4) is 0 Å². The molecule has 0 aromatic heterocycles. The number of amides is 1. The van der Waals surface area contributed by atoms with Crippen LogP contribution < -0.4 is 5.32 Å². The highest BCUT2D eigenvalue weighted by molar-refractivity contribution is 6.11. The molecule has 2 radical (unpaired) electrons. The number of hydrogen-bond acceptors (Lipinski definition) is 7. The maximum atomic E-state index is 12.1. The number of aliphatic hydroxyl groups excluding tert-OH is 1. The quantitative estimate of drug-likeness (QED) is 0.0356. The number of likely N-dealkylation sites (tertiary alicyclic amines) is 1. The van der Waals surface area contributed by atoms with Crippen LogP contribution in [0.5, 0.6) is 0 Å². The third-order valence-electron chi connectivity index (χ3n) is 18.4. The van der Waals surface area contributed by atoms with E-state index in [9.17, 15) is 14.7 Å². The van der Waals surface area contributed by atoms with E-state index in [1.54, 1.807) is 12.7 Å². The molecule has 0 spiro atoms. The molecule has 2 aliphatic heterocycles. The highest BCUT2D eigenvalue weighted by Gasteiger charge is 2.44. The van der Waals surface area contributed by atoms with E-state index < -0.39 is 0 Å². The van der Waals surface area contributed by atoms with Gasteiger partial charge in [0.15, 0.2) is 0 Å². The molecule has 2 N–H and O–H groups in total. The van der Waals surface area contributed by atoms with Gasteiger partial charge in [0.25, 0.3) is 0 Å². The average Bonchev–Trinajstić information content (AvgIpc) is 4.67. The maximum absolute atomic E-state index is 12.1. The van der Waals surface area contributed by atoms with Crippen molar-refractivity contribution in [2.75, 3.05) is 40.0 Å². The number of nitrogens with one attached hydrogen (secondary N) is 1. The topological polar surface area (TPSA) is 97.3 Å². The van der Waals surface area contributed by atoms with Crippen LogP contribution in [0.2, 0.25) is 0 Å². The van der Waals surface area contributed by atoms with Gasteiger partial charge in [0.1, 0.15) is 13.6 Å². The predicted octanol–water partition coefficient (Wildman–Crippen LogP) is 23.5. The van der Waals surface area contributed by atoms with E-state index in [-0.39, 0.29) is 24.1 Å². The van der Waals surface area contributed by atoms with Crippen LogP contribution in [-0.2, 0) is 23.8 Å². The fraction of sp³-hybridized carbons (Fsp3) is 0.923. The van der Waals surface area contributed by atoms with E-state index in [0.717, 1.165) is 83.8 Å². The Morgan fingerprint density at radius 3 is 1.29 bits per heavy atom. The fourth-order valence-electron chi connectivity index (χ4n) is 12.9. The van der Waals surface area contributed by atoms with E-state index in [4.69, 9.17) is 22.1 Å². The van der Waals surface area contributed by atoms with Gasteiger partial charge in [0, 0.05) is 76.7 Å². The molecule has 87 heavy (non-hydrogen) atoms. The van der Waals surface area contributed by atoms with Crippen LogP contribution in [0.1, 0.15) is 390 Å². The number of allylic oxidation sites excluding steroid dienone is 4. The zero-order valence-electron chi connectivity index (χ0n) is 60.4. The van der Waals surface area contributed by atoms with Gasteiger partial charge < -0.3 is 29.5 Å². The van der Waals surface area contributed by atoms with Gasteiger partial charge in [-0.1, -0.05) is 293 Å². The average molecular weight is 1220 g/mol. The second-order valence-corrected chi connectivity index (χ2v) is 26.6. The largest absolute Gasteiger partial charge is 0.512 e. The summed E-state index contributed by atoms with van der Waals surface area (Å²) in [6.45, 7) is 25.0. The van der Waals surface area contributed by atoms with Gasteiger partial charge in [-0.05, 0) is 94.5 Å². The van der Waals surface area contributed by atoms with Crippen LogP contribution in [0.15, 0.2) is 22.6 Å². The smallest absolute Gasteiger partial charge is 0.222 e. The normalized spacial score (nSPS) is 18.3. The standard InChI is InChI=1S/C41H76BNO4.C31H57NO2.3C2H6/c1-5-26-36(44)27-23-21-19-17-15-13-11-9-7-6-8-10-12-14-16-18-20-22-24-28-37(35-29-30-35)43-31-25-32-46-40-39(34(2)3)38(33-45-4)47-41(40)42;1-28-25-26-32(27-28)31(34)22-20-18-16-14-12-10-8-6-4-2-3-5-7-9-11-13-15-17-19-21-30(33)29-23-24-29;3*1-2/h34,38-41,43H,5-33H2,1-4H3;28,33H,2-27H2,1H3;3*1-2H3. The van der Waals surface area contributed by atoms with E-state index in [0.29, 0.717) is 42.5 Å². The molecule has 0 aromatic carbocycles. The number of aliphatic hydroxyl groups is 1. The minimum Gasteiger partial charge on any atom is -0.512 e. The fourth-order valence-corrected chi connectivity index (χ4v) is 12.9. The van der Waals surface area contributed by atoms with Gasteiger partial charge in [-0.25, -0.2) is 0 Å². The number of Topliss-reactive ketones (excluding diaryl/α,β-unsaturated/α-hetero) is 1. The molecule has 512 valence electrons. The molecular weight excluding hydrogens is 1070 g/mol. The summed E-state index contributed by atoms with van der Waals surface area (Å²) in [6.07, 6.45) is 64.5. The van der Waals surface area contributed by atoms with Gasteiger partial charge in [-0.2, -0.15) is 0 Å². The molecule has 0 bridgehead atoms. The second-order valence-electron chi connectivity index (χ2n) is 26.6. The number of carbonyl (C=O) groups excluding carboxylic acids is 2. The van der Waals surface area contributed by atoms with Crippen molar-refractivity contribution < 1.29 is 28.9 Å². The van der Waals surface area contributed by atoms with Crippen LogP contribution in [0, 0.1) is 17.8 Å². The van der Waals surface area contributed by atoms with Gasteiger partial charge in [0.05, 0.1) is 24.6 Å². The van der Waals surface area contributed by atoms with Crippen molar-refractivity contribution in [3.63, 3.8) is 0 Å².